The Morgan fingerprint density at radius 2 is 1.82 bits per heavy atom. The Kier molecular flexibility index (Phi) is 6.92. The maximum Gasteiger partial charge on any atom is 0.416 e. The van der Waals surface area contributed by atoms with Crippen LogP contribution in [0, 0.1) is 5.92 Å². The van der Waals surface area contributed by atoms with Crippen LogP contribution < -0.4 is 0 Å². The standard InChI is InChI=1S/C16H22F3N.C2H6/c1-11(2)14-6-13(7-15(8-14)16(17,18)19)10-20-5-4-12(3)9-20;1-2/h6-8,11-12H,4-5,9-10H2,1-3H3;1-2H3. The van der Waals surface area contributed by atoms with Gasteiger partial charge in [-0.3, -0.25) is 4.90 Å². The molecule has 1 saturated heterocycles. The molecule has 126 valence electrons. The average Bonchev–Trinajstić information content (AvgIpc) is 2.85. The molecule has 0 spiro atoms. The molecule has 1 fully saturated rings. The molecular weight excluding hydrogens is 287 g/mol. The van der Waals surface area contributed by atoms with E-state index in [-0.39, 0.29) is 5.92 Å². The van der Waals surface area contributed by atoms with Gasteiger partial charge in [0.05, 0.1) is 5.56 Å². The lowest BCUT2D eigenvalue weighted by Gasteiger charge is -2.19. The Morgan fingerprint density at radius 1 is 1.18 bits per heavy atom. The first kappa shape index (κ1) is 19.0. The van der Waals surface area contributed by atoms with Gasteiger partial charge in [0.15, 0.2) is 0 Å². The summed E-state index contributed by atoms with van der Waals surface area (Å²) in [5.41, 5.74) is 1.02. The number of nitrogens with zero attached hydrogens (tertiary/aromatic N) is 1. The number of benzene rings is 1. The summed E-state index contributed by atoms with van der Waals surface area (Å²) in [5.74, 6) is 0.749. The first-order valence-corrected chi connectivity index (χ1v) is 8.19. The molecule has 1 nitrogen and oxygen atoms in total. The van der Waals surface area contributed by atoms with Gasteiger partial charge in [-0.25, -0.2) is 0 Å². The largest absolute Gasteiger partial charge is 0.416 e. The number of hydrogen-bond donors (Lipinski definition) is 0. The van der Waals surface area contributed by atoms with Crippen molar-refractivity contribution in [1.82, 2.24) is 4.90 Å². The van der Waals surface area contributed by atoms with Gasteiger partial charge in [-0.15, -0.1) is 0 Å². The highest BCUT2D eigenvalue weighted by atomic mass is 19.4. The summed E-state index contributed by atoms with van der Waals surface area (Å²) in [6.45, 7) is 12.6. The van der Waals surface area contributed by atoms with Crippen molar-refractivity contribution >= 4 is 0 Å². The van der Waals surface area contributed by atoms with E-state index < -0.39 is 11.7 Å². The number of likely N-dealkylation sites (tertiary alicyclic amines) is 1. The molecule has 1 aromatic rings. The third kappa shape index (κ3) is 5.31. The van der Waals surface area contributed by atoms with Crippen molar-refractivity contribution in [3.8, 4) is 0 Å². The second-order valence-corrected chi connectivity index (χ2v) is 6.24. The van der Waals surface area contributed by atoms with E-state index in [1.165, 1.54) is 12.1 Å². The predicted octanol–water partition coefficient (Wildman–Crippen LogP) is 5.70. The molecule has 1 atom stereocenters. The van der Waals surface area contributed by atoms with Gasteiger partial charge >= 0.3 is 6.18 Å². The molecule has 22 heavy (non-hydrogen) atoms. The Balaban J connectivity index is 0.00000116. The zero-order valence-corrected chi connectivity index (χ0v) is 14.3. The lowest BCUT2D eigenvalue weighted by Crippen LogP contribution is -2.20. The van der Waals surface area contributed by atoms with E-state index in [1.807, 2.05) is 33.8 Å². The molecule has 0 bridgehead atoms. The summed E-state index contributed by atoms with van der Waals surface area (Å²) < 4.78 is 38.9. The predicted molar refractivity (Wildman–Crippen MR) is 85.9 cm³/mol. The van der Waals surface area contributed by atoms with Crippen molar-refractivity contribution in [3.63, 3.8) is 0 Å². The summed E-state index contributed by atoms with van der Waals surface area (Å²) in [6, 6.07) is 4.50. The van der Waals surface area contributed by atoms with Crippen LogP contribution in [0.15, 0.2) is 18.2 Å². The monoisotopic (exact) mass is 315 g/mol. The molecule has 1 heterocycles. The fourth-order valence-corrected chi connectivity index (χ4v) is 2.73. The zero-order chi connectivity index (χ0) is 16.9. The van der Waals surface area contributed by atoms with Gasteiger partial charge in [0, 0.05) is 13.1 Å². The smallest absolute Gasteiger partial charge is 0.299 e. The molecule has 0 saturated carbocycles. The molecule has 0 N–H and O–H groups in total. The van der Waals surface area contributed by atoms with Crippen molar-refractivity contribution < 1.29 is 13.2 Å². The van der Waals surface area contributed by atoms with Gasteiger partial charge in [0.1, 0.15) is 0 Å². The van der Waals surface area contributed by atoms with Gasteiger partial charge in [0.2, 0.25) is 0 Å². The maximum absolute atomic E-state index is 13.0. The third-order valence-corrected chi connectivity index (χ3v) is 3.92. The van der Waals surface area contributed by atoms with Crippen LogP contribution in [0.1, 0.15) is 63.6 Å². The quantitative estimate of drug-likeness (QED) is 0.692. The molecule has 1 aliphatic heterocycles. The Bertz CT molecular complexity index is 466. The van der Waals surface area contributed by atoms with Crippen LogP contribution in [0.2, 0.25) is 0 Å². The van der Waals surface area contributed by atoms with E-state index >= 15 is 0 Å². The molecule has 2 rings (SSSR count). The van der Waals surface area contributed by atoms with Crippen LogP contribution in [-0.2, 0) is 12.7 Å². The Morgan fingerprint density at radius 3 is 2.27 bits per heavy atom. The molecule has 0 aliphatic carbocycles. The average molecular weight is 315 g/mol. The normalized spacial score (nSPS) is 19.2. The number of halogens is 3. The Hall–Kier alpha value is -1.03. The first-order chi connectivity index (χ1) is 10.3. The van der Waals surface area contributed by atoms with E-state index in [9.17, 15) is 13.2 Å². The fraction of sp³-hybridized carbons (Fsp3) is 0.667. The van der Waals surface area contributed by atoms with Crippen LogP contribution in [0.25, 0.3) is 0 Å². The van der Waals surface area contributed by atoms with Crippen LogP contribution in [-0.4, -0.2) is 18.0 Å². The molecule has 0 aromatic heterocycles. The summed E-state index contributed by atoms with van der Waals surface area (Å²) >= 11 is 0. The van der Waals surface area contributed by atoms with E-state index in [2.05, 4.69) is 11.8 Å². The highest BCUT2D eigenvalue weighted by Crippen LogP contribution is 2.33. The van der Waals surface area contributed by atoms with Crippen LogP contribution in [0.5, 0.6) is 0 Å². The minimum atomic E-state index is -4.27. The maximum atomic E-state index is 13.0. The van der Waals surface area contributed by atoms with Gasteiger partial charge in [-0.05, 0) is 48.1 Å². The van der Waals surface area contributed by atoms with E-state index in [1.54, 1.807) is 0 Å². The summed E-state index contributed by atoms with van der Waals surface area (Å²) in [4.78, 5) is 2.24. The van der Waals surface area contributed by atoms with Crippen molar-refractivity contribution in [3.05, 3.63) is 34.9 Å². The van der Waals surface area contributed by atoms with Crippen molar-refractivity contribution in [2.24, 2.45) is 5.92 Å². The topological polar surface area (TPSA) is 3.24 Å². The van der Waals surface area contributed by atoms with Crippen molar-refractivity contribution in [2.45, 2.75) is 59.7 Å². The second kappa shape index (κ2) is 8.00. The van der Waals surface area contributed by atoms with Gasteiger partial charge in [0.25, 0.3) is 0 Å². The Labute approximate surface area is 132 Å². The lowest BCUT2D eigenvalue weighted by molar-refractivity contribution is -0.137. The van der Waals surface area contributed by atoms with Gasteiger partial charge in [-0.1, -0.05) is 40.7 Å². The lowest BCUT2D eigenvalue weighted by atomic mass is 9.97. The fourth-order valence-electron chi connectivity index (χ4n) is 2.73. The molecular formula is C18H28F3N. The van der Waals surface area contributed by atoms with E-state index in [0.29, 0.717) is 12.5 Å². The van der Waals surface area contributed by atoms with Gasteiger partial charge in [-0.2, -0.15) is 13.2 Å². The molecule has 4 heteroatoms. The minimum absolute atomic E-state index is 0.105. The highest BCUT2D eigenvalue weighted by molar-refractivity contribution is 5.33. The SMILES string of the molecule is CC.CC1CCN(Cc2cc(C(C)C)cc(C(F)(F)F)c2)C1. The van der Waals surface area contributed by atoms with Crippen molar-refractivity contribution in [1.29, 1.82) is 0 Å². The summed E-state index contributed by atoms with van der Waals surface area (Å²) in [6.07, 6.45) is -3.13. The van der Waals surface area contributed by atoms with E-state index in [0.717, 1.165) is 30.6 Å². The summed E-state index contributed by atoms with van der Waals surface area (Å²) in [7, 11) is 0. The first-order valence-electron chi connectivity index (χ1n) is 8.19. The van der Waals surface area contributed by atoms with Gasteiger partial charge < -0.3 is 0 Å². The van der Waals surface area contributed by atoms with Crippen LogP contribution >= 0.6 is 0 Å². The zero-order valence-electron chi connectivity index (χ0n) is 14.3. The molecule has 1 aliphatic rings. The number of alkyl halides is 3. The molecule has 1 unspecified atom stereocenters. The minimum Gasteiger partial charge on any atom is -0.299 e. The van der Waals surface area contributed by atoms with Crippen molar-refractivity contribution in [2.75, 3.05) is 13.1 Å². The highest BCUT2D eigenvalue weighted by Gasteiger charge is 2.31. The third-order valence-electron chi connectivity index (χ3n) is 3.92. The number of hydrogen-bond acceptors (Lipinski definition) is 1. The number of rotatable bonds is 3. The molecule has 0 radical (unpaired) electrons. The van der Waals surface area contributed by atoms with Crippen LogP contribution in [0.3, 0.4) is 0 Å². The molecule has 1 aromatic carbocycles. The summed E-state index contributed by atoms with van der Waals surface area (Å²) in [5, 5.41) is 0. The second-order valence-electron chi connectivity index (χ2n) is 6.24. The van der Waals surface area contributed by atoms with E-state index in [4.69, 9.17) is 0 Å². The van der Waals surface area contributed by atoms with Crippen LogP contribution in [0.4, 0.5) is 13.2 Å². The molecule has 0 amide bonds.